The topological polar surface area (TPSA) is 15.3 Å². The summed E-state index contributed by atoms with van der Waals surface area (Å²) in [6, 6.07) is 5.71. The van der Waals surface area contributed by atoms with Crippen LogP contribution in [0.25, 0.3) is 0 Å². The van der Waals surface area contributed by atoms with Crippen molar-refractivity contribution in [1.29, 1.82) is 0 Å². The zero-order valence-electron chi connectivity index (χ0n) is 10.3. The number of anilines is 1. The van der Waals surface area contributed by atoms with Crippen LogP contribution in [0.4, 0.5) is 5.69 Å². The molecular weight excluding hydrogens is 208 g/mol. The lowest BCUT2D eigenvalue weighted by Crippen LogP contribution is -2.26. The summed E-state index contributed by atoms with van der Waals surface area (Å²) >= 11 is 0. The molecule has 1 fully saturated rings. The lowest BCUT2D eigenvalue weighted by atomic mass is 9.97. The Kier molecular flexibility index (Phi) is 2.19. The minimum atomic E-state index is 0.816. The van der Waals surface area contributed by atoms with Crippen LogP contribution in [0, 0.1) is 0 Å². The van der Waals surface area contributed by atoms with E-state index >= 15 is 0 Å². The molecule has 2 nitrogen and oxygen atoms in total. The second kappa shape index (κ2) is 3.74. The molecule has 2 aliphatic heterocycles. The fourth-order valence-electron chi connectivity index (χ4n) is 3.32. The number of hydrogen-bond acceptors (Lipinski definition) is 2. The van der Waals surface area contributed by atoms with Crippen molar-refractivity contribution >= 4 is 5.69 Å². The molecule has 0 bridgehead atoms. The summed E-state index contributed by atoms with van der Waals surface area (Å²) in [6.45, 7) is 3.60. The van der Waals surface area contributed by atoms with Crippen LogP contribution < -0.4 is 10.2 Å². The standard InChI is InChI=1S/C15H20N2/c1-2-12-8-11(10-16-14-3-4-14)9-13-5-7-17(6-1)15(12)13/h8-9,14,16H,1-7,10H2. The van der Waals surface area contributed by atoms with Crippen LogP contribution in [0.1, 0.15) is 36.0 Å². The Balaban J connectivity index is 1.64. The van der Waals surface area contributed by atoms with Crippen LogP contribution in [-0.4, -0.2) is 19.1 Å². The van der Waals surface area contributed by atoms with Gasteiger partial charge < -0.3 is 10.2 Å². The molecule has 2 heteroatoms. The minimum absolute atomic E-state index is 0.816. The van der Waals surface area contributed by atoms with Crippen LogP contribution in [-0.2, 0) is 19.4 Å². The van der Waals surface area contributed by atoms with Crippen molar-refractivity contribution in [1.82, 2.24) is 5.32 Å². The highest BCUT2D eigenvalue weighted by molar-refractivity contribution is 5.65. The number of nitrogens with one attached hydrogen (secondary N) is 1. The average molecular weight is 228 g/mol. The molecule has 0 saturated heterocycles. The van der Waals surface area contributed by atoms with Gasteiger partial charge in [-0.1, -0.05) is 12.1 Å². The Morgan fingerprint density at radius 2 is 1.94 bits per heavy atom. The van der Waals surface area contributed by atoms with E-state index in [-0.39, 0.29) is 0 Å². The molecule has 0 unspecified atom stereocenters. The molecule has 0 spiro atoms. The van der Waals surface area contributed by atoms with E-state index in [4.69, 9.17) is 0 Å². The molecule has 0 atom stereocenters. The van der Waals surface area contributed by atoms with Gasteiger partial charge in [0.15, 0.2) is 0 Å². The summed E-state index contributed by atoms with van der Waals surface area (Å²) < 4.78 is 0. The van der Waals surface area contributed by atoms with E-state index in [0.717, 1.165) is 12.6 Å². The van der Waals surface area contributed by atoms with Gasteiger partial charge in [0, 0.05) is 31.4 Å². The lowest BCUT2D eigenvalue weighted by molar-refractivity contribution is 0.684. The van der Waals surface area contributed by atoms with Crippen LogP contribution in [0.3, 0.4) is 0 Å². The maximum Gasteiger partial charge on any atom is 0.0432 e. The molecule has 1 aliphatic carbocycles. The summed E-state index contributed by atoms with van der Waals surface area (Å²) in [5.74, 6) is 0. The SMILES string of the molecule is c1c(CNC2CC2)cc2c3c1CCCN3CC2. The molecule has 2 heterocycles. The Morgan fingerprint density at radius 3 is 2.76 bits per heavy atom. The summed E-state index contributed by atoms with van der Waals surface area (Å²) in [4.78, 5) is 2.59. The first-order chi connectivity index (χ1) is 8.40. The normalized spacial score (nSPS) is 21.8. The second-order valence-electron chi connectivity index (χ2n) is 5.76. The Labute approximate surface area is 103 Å². The van der Waals surface area contributed by atoms with Crippen LogP contribution in [0.5, 0.6) is 0 Å². The molecule has 3 aliphatic rings. The van der Waals surface area contributed by atoms with Crippen molar-refractivity contribution in [3.63, 3.8) is 0 Å². The molecule has 1 aromatic carbocycles. The number of hydrogen-bond donors (Lipinski definition) is 1. The largest absolute Gasteiger partial charge is 0.371 e. The van der Waals surface area contributed by atoms with E-state index in [0.29, 0.717) is 0 Å². The predicted molar refractivity (Wildman–Crippen MR) is 70.5 cm³/mol. The van der Waals surface area contributed by atoms with Gasteiger partial charge in [0.25, 0.3) is 0 Å². The van der Waals surface area contributed by atoms with E-state index in [1.807, 2.05) is 0 Å². The molecule has 1 saturated carbocycles. The van der Waals surface area contributed by atoms with Crippen molar-refractivity contribution < 1.29 is 0 Å². The fraction of sp³-hybridized carbons (Fsp3) is 0.600. The molecule has 0 amide bonds. The zero-order chi connectivity index (χ0) is 11.2. The zero-order valence-corrected chi connectivity index (χ0v) is 10.3. The van der Waals surface area contributed by atoms with Gasteiger partial charge in [-0.15, -0.1) is 0 Å². The molecule has 1 aromatic rings. The molecule has 90 valence electrons. The monoisotopic (exact) mass is 228 g/mol. The van der Waals surface area contributed by atoms with E-state index < -0.39 is 0 Å². The van der Waals surface area contributed by atoms with Crippen molar-refractivity contribution in [3.05, 3.63) is 28.8 Å². The molecule has 4 rings (SSSR count). The van der Waals surface area contributed by atoms with Crippen LogP contribution in [0.15, 0.2) is 12.1 Å². The maximum absolute atomic E-state index is 3.63. The van der Waals surface area contributed by atoms with E-state index in [1.54, 1.807) is 16.8 Å². The predicted octanol–water partition coefficient (Wildman–Crippen LogP) is 2.25. The van der Waals surface area contributed by atoms with Gasteiger partial charge in [0.05, 0.1) is 0 Å². The van der Waals surface area contributed by atoms with Crippen molar-refractivity contribution in [2.75, 3.05) is 18.0 Å². The third-order valence-electron chi connectivity index (χ3n) is 4.34. The van der Waals surface area contributed by atoms with E-state index in [2.05, 4.69) is 22.3 Å². The van der Waals surface area contributed by atoms with E-state index in [9.17, 15) is 0 Å². The molecule has 1 N–H and O–H groups in total. The van der Waals surface area contributed by atoms with Crippen LogP contribution >= 0.6 is 0 Å². The summed E-state index contributed by atoms with van der Waals surface area (Å²) in [5, 5.41) is 3.63. The lowest BCUT2D eigenvalue weighted by Gasteiger charge is -2.27. The molecule has 0 radical (unpaired) electrons. The van der Waals surface area contributed by atoms with Gasteiger partial charge in [0.2, 0.25) is 0 Å². The summed E-state index contributed by atoms with van der Waals surface area (Å²) in [7, 11) is 0. The highest BCUT2D eigenvalue weighted by atomic mass is 15.2. The number of aryl methyl sites for hydroxylation is 1. The number of nitrogens with zero attached hydrogens (tertiary/aromatic N) is 1. The van der Waals surface area contributed by atoms with Gasteiger partial charge in [-0.2, -0.15) is 0 Å². The number of rotatable bonds is 3. The van der Waals surface area contributed by atoms with Crippen molar-refractivity contribution in [3.8, 4) is 0 Å². The third kappa shape index (κ3) is 1.75. The van der Waals surface area contributed by atoms with Crippen LogP contribution in [0.2, 0.25) is 0 Å². The maximum atomic E-state index is 3.63. The van der Waals surface area contributed by atoms with Gasteiger partial charge in [-0.3, -0.25) is 0 Å². The Hall–Kier alpha value is -1.02. The Bertz CT molecular complexity index is 448. The van der Waals surface area contributed by atoms with Gasteiger partial charge in [0.1, 0.15) is 0 Å². The highest BCUT2D eigenvalue weighted by Gasteiger charge is 2.26. The summed E-state index contributed by atoms with van der Waals surface area (Å²) in [5.41, 5.74) is 6.31. The van der Waals surface area contributed by atoms with Crippen molar-refractivity contribution in [2.24, 2.45) is 0 Å². The van der Waals surface area contributed by atoms with Gasteiger partial charge in [-0.25, -0.2) is 0 Å². The summed E-state index contributed by atoms with van der Waals surface area (Å²) in [6.07, 6.45) is 6.65. The second-order valence-corrected chi connectivity index (χ2v) is 5.76. The fourth-order valence-corrected chi connectivity index (χ4v) is 3.32. The van der Waals surface area contributed by atoms with Gasteiger partial charge in [-0.05, 0) is 48.8 Å². The Morgan fingerprint density at radius 1 is 1.12 bits per heavy atom. The minimum Gasteiger partial charge on any atom is -0.371 e. The first-order valence-electron chi connectivity index (χ1n) is 7.03. The average Bonchev–Trinajstić information content (AvgIpc) is 3.10. The first kappa shape index (κ1) is 9.95. The highest BCUT2D eigenvalue weighted by Crippen LogP contribution is 2.37. The third-order valence-corrected chi connectivity index (χ3v) is 4.34. The first-order valence-corrected chi connectivity index (χ1v) is 7.03. The van der Waals surface area contributed by atoms with Crippen molar-refractivity contribution in [2.45, 2.75) is 44.7 Å². The molecule has 0 aromatic heterocycles. The molecular formula is C15H20N2. The van der Waals surface area contributed by atoms with Gasteiger partial charge >= 0.3 is 0 Å². The smallest absolute Gasteiger partial charge is 0.0432 e. The number of benzene rings is 1. The van der Waals surface area contributed by atoms with E-state index in [1.165, 1.54) is 50.8 Å². The molecule has 17 heavy (non-hydrogen) atoms. The quantitative estimate of drug-likeness (QED) is 0.853.